The first-order valence-electron chi connectivity index (χ1n) is 3.24. The molecular formula is C8H6FNO2. The van der Waals surface area contributed by atoms with Gasteiger partial charge in [-0.2, -0.15) is 4.99 Å². The lowest BCUT2D eigenvalue weighted by atomic mass is 10.2. The van der Waals surface area contributed by atoms with Gasteiger partial charge in [0.25, 0.3) is 0 Å². The molecule has 0 aromatic heterocycles. The number of alkyl halides is 1. The second-order valence-electron chi connectivity index (χ2n) is 2.12. The van der Waals surface area contributed by atoms with E-state index in [1.165, 1.54) is 12.1 Å². The predicted molar refractivity (Wildman–Crippen MR) is 40.1 cm³/mol. The van der Waals surface area contributed by atoms with E-state index in [9.17, 15) is 9.18 Å². The average molecular weight is 167 g/mol. The molecule has 0 radical (unpaired) electrons. The smallest absolute Gasteiger partial charge is 0.238 e. The van der Waals surface area contributed by atoms with Crippen molar-refractivity contribution in [2.45, 2.75) is 6.30 Å². The Morgan fingerprint density at radius 3 is 2.75 bits per heavy atom. The number of isocyanates is 1. The number of phenols is 1. The molecule has 12 heavy (non-hydrogen) atoms. The lowest BCUT2D eigenvalue weighted by Gasteiger charge is -2.02. The zero-order valence-corrected chi connectivity index (χ0v) is 6.07. The molecule has 0 spiro atoms. The van der Waals surface area contributed by atoms with Crippen molar-refractivity contribution in [1.82, 2.24) is 0 Å². The maximum Gasteiger partial charge on any atom is 0.238 e. The molecule has 1 unspecified atom stereocenters. The number of aliphatic imine (C=N–C) groups is 1. The lowest BCUT2D eigenvalue weighted by Crippen LogP contribution is -1.87. The lowest BCUT2D eigenvalue weighted by molar-refractivity contribution is 0.341. The first-order chi connectivity index (χ1) is 5.75. The molecule has 1 aromatic carbocycles. The van der Waals surface area contributed by atoms with Gasteiger partial charge in [0, 0.05) is 0 Å². The Labute approximate surface area is 68.2 Å². The molecule has 0 saturated carbocycles. The van der Waals surface area contributed by atoms with Crippen LogP contribution in [0.3, 0.4) is 0 Å². The van der Waals surface area contributed by atoms with E-state index in [4.69, 9.17) is 5.11 Å². The van der Waals surface area contributed by atoms with Crippen LogP contribution >= 0.6 is 0 Å². The predicted octanol–water partition coefficient (Wildman–Crippen LogP) is 1.70. The van der Waals surface area contributed by atoms with Crippen LogP contribution in [0.15, 0.2) is 29.3 Å². The number of para-hydroxylation sites is 1. The number of halogens is 1. The highest BCUT2D eigenvalue weighted by Gasteiger charge is 2.10. The van der Waals surface area contributed by atoms with Gasteiger partial charge in [-0.15, -0.1) is 0 Å². The Morgan fingerprint density at radius 1 is 1.50 bits per heavy atom. The number of rotatable bonds is 2. The fraction of sp³-hybridized carbons (Fsp3) is 0.125. The van der Waals surface area contributed by atoms with Crippen LogP contribution in [0.2, 0.25) is 0 Å². The summed E-state index contributed by atoms with van der Waals surface area (Å²) in [4.78, 5) is 12.5. The van der Waals surface area contributed by atoms with Gasteiger partial charge in [-0.3, -0.25) is 0 Å². The normalized spacial score (nSPS) is 11.8. The molecule has 62 valence electrons. The minimum Gasteiger partial charge on any atom is -0.507 e. The van der Waals surface area contributed by atoms with Crippen LogP contribution in [-0.2, 0) is 4.79 Å². The van der Waals surface area contributed by atoms with Gasteiger partial charge >= 0.3 is 0 Å². The fourth-order valence-electron chi connectivity index (χ4n) is 0.805. The van der Waals surface area contributed by atoms with E-state index in [-0.39, 0.29) is 11.3 Å². The van der Waals surface area contributed by atoms with Crippen molar-refractivity contribution in [1.29, 1.82) is 0 Å². The zero-order valence-electron chi connectivity index (χ0n) is 6.07. The highest BCUT2D eigenvalue weighted by molar-refractivity contribution is 5.38. The van der Waals surface area contributed by atoms with Crippen LogP contribution in [0.4, 0.5) is 4.39 Å². The van der Waals surface area contributed by atoms with Crippen LogP contribution in [-0.4, -0.2) is 11.2 Å². The van der Waals surface area contributed by atoms with Gasteiger partial charge < -0.3 is 5.11 Å². The third kappa shape index (κ3) is 1.68. The van der Waals surface area contributed by atoms with Crippen molar-refractivity contribution in [3.63, 3.8) is 0 Å². The van der Waals surface area contributed by atoms with E-state index in [1.54, 1.807) is 12.1 Å². The Hall–Kier alpha value is -1.67. The summed E-state index contributed by atoms with van der Waals surface area (Å²) < 4.78 is 12.8. The second kappa shape index (κ2) is 3.64. The molecule has 0 amide bonds. The average Bonchev–Trinajstić information content (AvgIpc) is 2.05. The van der Waals surface area contributed by atoms with Gasteiger partial charge in [0.2, 0.25) is 12.4 Å². The molecule has 0 saturated heterocycles. The highest BCUT2D eigenvalue weighted by Crippen LogP contribution is 2.26. The summed E-state index contributed by atoms with van der Waals surface area (Å²) in [6.07, 6.45) is -0.748. The van der Waals surface area contributed by atoms with Crippen molar-refractivity contribution < 1.29 is 14.3 Å². The molecule has 0 heterocycles. The molecule has 1 aromatic rings. The van der Waals surface area contributed by atoms with Crippen LogP contribution in [0.5, 0.6) is 5.75 Å². The number of nitrogens with zero attached hydrogens (tertiary/aromatic N) is 1. The summed E-state index contributed by atoms with van der Waals surface area (Å²) in [6, 6.07) is 5.77. The van der Waals surface area contributed by atoms with Crippen molar-refractivity contribution >= 4 is 6.08 Å². The molecule has 1 rings (SSSR count). The Morgan fingerprint density at radius 2 is 2.17 bits per heavy atom. The third-order valence-corrected chi connectivity index (χ3v) is 1.36. The van der Waals surface area contributed by atoms with Gasteiger partial charge in [0.05, 0.1) is 5.56 Å². The number of hydrogen-bond donors (Lipinski definition) is 1. The second-order valence-corrected chi connectivity index (χ2v) is 2.12. The molecule has 1 N–H and O–H groups in total. The van der Waals surface area contributed by atoms with E-state index in [0.29, 0.717) is 0 Å². The molecule has 0 aliphatic rings. The van der Waals surface area contributed by atoms with Crippen LogP contribution in [0, 0.1) is 0 Å². The topological polar surface area (TPSA) is 49.7 Å². The van der Waals surface area contributed by atoms with E-state index in [0.717, 1.165) is 6.08 Å². The summed E-state index contributed by atoms with van der Waals surface area (Å²) in [5, 5.41) is 9.08. The number of carbonyl (C=O) groups excluding carboxylic acids is 1. The molecular weight excluding hydrogens is 161 g/mol. The molecule has 1 atom stereocenters. The zero-order chi connectivity index (χ0) is 8.97. The van der Waals surface area contributed by atoms with Gasteiger partial charge in [0.15, 0.2) is 0 Å². The molecule has 0 aliphatic heterocycles. The van der Waals surface area contributed by atoms with Crippen LogP contribution < -0.4 is 0 Å². The third-order valence-electron chi connectivity index (χ3n) is 1.36. The molecule has 0 bridgehead atoms. The Balaban J connectivity index is 3.02. The molecule has 0 fully saturated rings. The monoisotopic (exact) mass is 167 g/mol. The summed E-state index contributed by atoms with van der Waals surface area (Å²) >= 11 is 0. The largest absolute Gasteiger partial charge is 0.507 e. The fourth-order valence-corrected chi connectivity index (χ4v) is 0.805. The maximum absolute atomic E-state index is 12.8. The first kappa shape index (κ1) is 8.43. The first-order valence-corrected chi connectivity index (χ1v) is 3.24. The van der Waals surface area contributed by atoms with E-state index in [1.807, 2.05) is 0 Å². The SMILES string of the molecule is O=C=NC(F)c1ccccc1O. The van der Waals surface area contributed by atoms with Gasteiger partial charge in [-0.05, 0) is 6.07 Å². The van der Waals surface area contributed by atoms with Gasteiger partial charge in [0.1, 0.15) is 5.75 Å². The number of hydrogen-bond acceptors (Lipinski definition) is 3. The summed E-state index contributed by atoms with van der Waals surface area (Å²) in [7, 11) is 0. The van der Waals surface area contributed by atoms with Crippen molar-refractivity contribution in [3.05, 3.63) is 29.8 Å². The number of benzene rings is 1. The highest BCUT2D eigenvalue weighted by atomic mass is 19.1. The van der Waals surface area contributed by atoms with E-state index < -0.39 is 6.30 Å². The van der Waals surface area contributed by atoms with Crippen molar-refractivity contribution in [2.75, 3.05) is 0 Å². The maximum atomic E-state index is 12.8. The van der Waals surface area contributed by atoms with Gasteiger partial charge in [-0.25, -0.2) is 9.18 Å². The summed E-state index contributed by atoms with van der Waals surface area (Å²) in [5.74, 6) is -0.219. The summed E-state index contributed by atoms with van der Waals surface area (Å²) in [5.41, 5.74) is -0.0270. The van der Waals surface area contributed by atoms with Gasteiger partial charge in [-0.1, -0.05) is 18.2 Å². The molecule has 4 heteroatoms. The van der Waals surface area contributed by atoms with E-state index in [2.05, 4.69) is 4.99 Å². The van der Waals surface area contributed by atoms with Crippen LogP contribution in [0.1, 0.15) is 11.9 Å². The number of phenolic OH excluding ortho intramolecular Hbond substituents is 1. The molecule has 3 nitrogen and oxygen atoms in total. The minimum absolute atomic E-state index is 0.0270. The molecule has 0 aliphatic carbocycles. The minimum atomic E-state index is -1.83. The standard InChI is InChI=1S/C8H6FNO2/c9-8(10-5-11)6-3-1-2-4-7(6)12/h1-4,8,12H. The number of aromatic hydroxyl groups is 1. The quantitative estimate of drug-likeness (QED) is 0.414. The van der Waals surface area contributed by atoms with E-state index >= 15 is 0 Å². The Kier molecular flexibility index (Phi) is 2.56. The van der Waals surface area contributed by atoms with Crippen molar-refractivity contribution in [2.24, 2.45) is 4.99 Å². The summed E-state index contributed by atoms with van der Waals surface area (Å²) in [6.45, 7) is 0. The van der Waals surface area contributed by atoms with Crippen LogP contribution in [0.25, 0.3) is 0 Å². The van der Waals surface area contributed by atoms with Crippen molar-refractivity contribution in [3.8, 4) is 5.75 Å². The Bertz CT molecular complexity index is 321.